The molecule has 0 radical (unpaired) electrons. The summed E-state index contributed by atoms with van der Waals surface area (Å²) in [6.45, 7) is 4.54. The fourth-order valence-electron chi connectivity index (χ4n) is 2.08. The minimum atomic E-state index is -0.248. The molecule has 1 fully saturated rings. The van der Waals surface area contributed by atoms with E-state index in [0.29, 0.717) is 18.0 Å². The number of hydrogen-bond acceptors (Lipinski definition) is 2. The predicted molar refractivity (Wildman–Crippen MR) is 68.8 cm³/mol. The van der Waals surface area contributed by atoms with Crippen molar-refractivity contribution in [3.05, 3.63) is 35.4 Å². The van der Waals surface area contributed by atoms with Crippen molar-refractivity contribution < 1.29 is 4.79 Å². The van der Waals surface area contributed by atoms with Crippen LogP contribution in [0.4, 0.5) is 0 Å². The summed E-state index contributed by atoms with van der Waals surface area (Å²) < 4.78 is 0. The standard InChI is InChI=1S/C14H20N2O/c1-10-3-5-11(6-4-10)13(17)16-14(2,9-15)12-7-8-12/h3-6,12H,7-9,15H2,1-2H3,(H,16,17). The number of nitrogens with one attached hydrogen (secondary N) is 1. The highest BCUT2D eigenvalue weighted by Crippen LogP contribution is 2.39. The summed E-state index contributed by atoms with van der Waals surface area (Å²) in [6, 6.07) is 7.61. The molecule has 92 valence electrons. The molecule has 0 spiro atoms. The molecule has 1 amide bonds. The number of amides is 1. The molecule has 1 aliphatic rings. The Bertz CT molecular complexity index is 409. The molecular formula is C14H20N2O. The van der Waals surface area contributed by atoms with E-state index in [9.17, 15) is 4.79 Å². The summed E-state index contributed by atoms with van der Waals surface area (Å²) in [4.78, 5) is 12.1. The van der Waals surface area contributed by atoms with Gasteiger partial charge in [0.2, 0.25) is 0 Å². The SMILES string of the molecule is Cc1ccc(C(=O)NC(C)(CN)C2CC2)cc1. The van der Waals surface area contributed by atoms with Crippen molar-refractivity contribution in [3.8, 4) is 0 Å². The van der Waals surface area contributed by atoms with Gasteiger partial charge in [-0.15, -0.1) is 0 Å². The van der Waals surface area contributed by atoms with Gasteiger partial charge in [0.05, 0.1) is 5.54 Å². The molecule has 3 heteroatoms. The third kappa shape index (κ3) is 2.67. The van der Waals surface area contributed by atoms with E-state index < -0.39 is 0 Å². The summed E-state index contributed by atoms with van der Waals surface area (Å²) in [5.74, 6) is 0.520. The van der Waals surface area contributed by atoms with Crippen LogP contribution in [0.5, 0.6) is 0 Å². The Balaban J connectivity index is 2.07. The third-order valence-corrected chi connectivity index (χ3v) is 3.62. The molecule has 1 aromatic rings. The largest absolute Gasteiger partial charge is 0.345 e. The Morgan fingerprint density at radius 2 is 2.00 bits per heavy atom. The first-order valence-corrected chi connectivity index (χ1v) is 6.14. The Morgan fingerprint density at radius 3 is 2.47 bits per heavy atom. The topological polar surface area (TPSA) is 55.1 Å². The van der Waals surface area contributed by atoms with Gasteiger partial charge in [0.1, 0.15) is 0 Å². The molecule has 1 saturated carbocycles. The van der Waals surface area contributed by atoms with Crippen molar-refractivity contribution in [1.29, 1.82) is 0 Å². The highest BCUT2D eigenvalue weighted by atomic mass is 16.1. The van der Waals surface area contributed by atoms with Crippen molar-refractivity contribution in [2.45, 2.75) is 32.2 Å². The molecule has 2 rings (SSSR count). The highest BCUT2D eigenvalue weighted by molar-refractivity contribution is 5.94. The van der Waals surface area contributed by atoms with Crippen molar-refractivity contribution in [3.63, 3.8) is 0 Å². The molecule has 0 aromatic heterocycles. The molecule has 1 aromatic carbocycles. The average Bonchev–Trinajstić information content (AvgIpc) is 3.13. The molecule has 3 nitrogen and oxygen atoms in total. The van der Waals surface area contributed by atoms with E-state index in [1.165, 1.54) is 12.8 Å². The van der Waals surface area contributed by atoms with Gasteiger partial charge < -0.3 is 11.1 Å². The van der Waals surface area contributed by atoms with E-state index in [-0.39, 0.29) is 11.4 Å². The van der Waals surface area contributed by atoms with Crippen molar-refractivity contribution in [2.24, 2.45) is 11.7 Å². The summed E-state index contributed by atoms with van der Waals surface area (Å²) in [5, 5.41) is 3.08. The highest BCUT2D eigenvalue weighted by Gasteiger charge is 2.41. The molecule has 0 aliphatic heterocycles. The maximum Gasteiger partial charge on any atom is 0.251 e. The van der Waals surface area contributed by atoms with Gasteiger partial charge in [0.15, 0.2) is 0 Å². The first kappa shape index (κ1) is 12.1. The first-order chi connectivity index (χ1) is 8.05. The third-order valence-electron chi connectivity index (χ3n) is 3.62. The van der Waals surface area contributed by atoms with Gasteiger partial charge in [0, 0.05) is 12.1 Å². The van der Waals surface area contributed by atoms with Crippen LogP contribution < -0.4 is 11.1 Å². The van der Waals surface area contributed by atoms with Crippen LogP contribution in [0.1, 0.15) is 35.7 Å². The fraction of sp³-hybridized carbons (Fsp3) is 0.500. The Hall–Kier alpha value is -1.35. The lowest BCUT2D eigenvalue weighted by Gasteiger charge is -2.29. The van der Waals surface area contributed by atoms with Gasteiger partial charge in [-0.25, -0.2) is 0 Å². The summed E-state index contributed by atoms with van der Waals surface area (Å²) in [6.07, 6.45) is 2.34. The van der Waals surface area contributed by atoms with Crippen LogP contribution in [0.3, 0.4) is 0 Å². The maximum atomic E-state index is 12.1. The second kappa shape index (κ2) is 4.49. The second-order valence-corrected chi connectivity index (χ2v) is 5.22. The predicted octanol–water partition coefficient (Wildman–Crippen LogP) is 1.85. The van der Waals surface area contributed by atoms with Crippen LogP contribution in [-0.4, -0.2) is 18.0 Å². The molecule has 0 heterocycles. The summed E-state index contributed by atoms with van der Waals surface area (Å²) in [7, 11) is 0. The minimum absolute atomic E-state index is 0.0233. The lowest BCUT2D eigenvalue weighted by molar-refractivity contribution is 0.0898. The fourth-order valence-corrected chi connectivity index (χ4v) is 2.08. The van der Waals surface area contributed by atoms with Crippen LogP contribution in [0, 0.1) is 12.8 Å². The van der Waals surface area contributed by atoms with Crippen LogP contribution in [0.15, 0.2) is 24.3 Å². The van der Waals surface area contributed by atoms with E-state index in [2.05, 4.69) is 5.32 Å². The molecule has 17 heavy (non-hydrogen) atoms. The first-order valence-electron chi connectivity index (χ1n) is 6.14. The van der Waals surface area contributed by atoms with E-state index >= 15 is 0 Å². The van der Waals surface area contributed by atoms with E-state index in [1.54, 1.807) is 0 Å². The van der Waals surface area contributed by atoms with Crippen LogP contribution in [0.25, 0.3) is 0 Å². The molecule has 0 bridgehead atoms. The molecule has 1 unspecified atom stereocenters. The maximum absolute atomic E-state index is 12.1. The monoisotopic (exact) mass is 232 g/mol. The number of carbonyl (C=O) groups is 1. The Labute approximate surface area is 102 Å². The smallest absolute Gasteiger partial charge is 0.251 e. The zero-order valence-corrected chi connectivity index (χ0v) is 10.5. The van der Waals surface area contributed by atoms with Crippen molar-refractivity contribution in [2.75, 3.05) is 6.54 Å². The molecule has 1 aliphatic carbocycles. The molecule has 3 N–H and O–H groups in total. The van der Waals surface area contributed by atoms with E-state index in [1.807, 2.05) is 38.1 Å². The number of carbonyl (C=O) groups excluding carboxylic acids is 1. The van der Waals surface area contributed by atoms with Gasteiger partial charge in [-0.1, -0.05) is 17.7 Å². The van der Waals surface area contributed by atoms with Gasteiger partial charge in [-0.3, -0.25) is 4.79 Å². The Morgan fingerprint density at radius 1 is 1.41 bits per heavy atom. The molecule has 0 saturated heterocycles. The van der Waals surface area contributed by atoms with Gasteiger partial charge in [-0.2, -0.15) is 0 Å². The second-order valence-electron chi connectivity index (χ2n) is 5.22. The number of benzene rings is 1. The van der Waals surface area contributed by atoms with Gasteiger partial charge in [0.25, 0.3) is 5.91 Å². The minimum Gasteiger partial charge on any atom is -0.345 e. The average molecular weight is 232 g/mol. The Kier molecular flexibility index (Phi) is 3.20. The van der Waals surface area contributed by atoms with Gasteiger partial charge >= 0.3 is 0 Å². The van der Waals surface area contributed by atoms with Crippen LogP contribution in [-0.2, 0) is 0 Å². The lowest BCUT2D eigenvalue weighted by Crippen LogP contribution is -2.53. The quantitative estimate of drug-likeness (QED) is 0.832. The van der Waals surface area contributed by atoms with Gasteiger partial charge in [-0.05, 0) is 44.7 Å². The van der Waals surface area contributed by atoms with Crippen molar-refractivity contribution >= 4 is 5.91 Å². The normalized spacial score (nSPS) is 18.5. The number of rotatable bonds is 4. The zero-order chi connectivity index (χ0) is 12.5. The van der Waals surface area contributed by atoms with E-state index in [0.717, 1.165) is 5.56 Å². The van der Waals surface area contributed by atoms with Crippen LogP contribution >= 0.6 is 0 Å². The number of nitrogens with two attached hydrogens (primary N) is 1. The number of aryl methyl sites for hydroxylation is 1. The lowest BCUT2D eigenvalue weighted by atomic mass is 9.95. The molecular weight excluding hydrogens is 212 g/mol. The van der Waals surface area contributed by atoms with Crippen molar-refractivity contribution in [1.82, 2.24) is 5.32 Å². The van der Waals surface area contributed by atoms with Crippen LogP contribution in [0.2, 0.25) is 0 Å². The molecule has 1 atom stereocenters. The van der Waals surface area contributed by atoms with E-state index in [4.69, 9.17) is 5.73 Å². The zero-order valence-electron chi connectivity index (χ0n) is 10.5. The summed E-state index contributed by atoms with van der Waals surface area (Å²) >= 11 is 0. The summed E-state index contributed by atoms with van der Waals surface area (Å²) in [5.41, 5.74) is 7.40. The number of hydrogen-bond donors (Lipinski definition) is 2.